The molecule has 9 heteroatoms. The summed E-state index contributed by atoms with van der Waals surface area (Å²) in [5.41, 5.74) is 0.994. The summed E-state index contributed by atoms with van der Waals surface area (Å²) in [5.74, 6) is -0.779. The van der Waals surface area contributed by atoms with Crippen LogP contribution in [0.25, 0.3) is 0 Å². The number of hydrogen-bond donors (Lipinski definition) is 0. The molecule has 172 valence electrons. The Hall–Kier alpha value is -3.85. The molecular formula is C24H23NO7S. The van der Waals surface area contributed by atoms with E-state index in [0.717, 1.165) is 11.8 Å². The van der Waals surface area contributed by atoms with Crippen LogP contribution in [-0.4, -0.2) is 40.6 Å². The summed E-state index contributed by atoms with van der Waals surface area (Å²) >= 11 is 0. The number of fused-ring (bicyclic) bond motifs is 1. The van der Waals surface area contributed by atoms with Crippen LogP contribution >= 0.6 is 0 Å². The van der Waals surface area contributed by atoms with Crippen molar-refractivity contribution in [1.29, 1.82) is 0 Å². The Morgan fingerprint density at radius 3 is 2.24 bits per heavy atom. The van der Waals surface area contributed by atoms with Gasteiger partial charge >= 0.3 is 11.9 Å². The van der Waals surface area contributed by atoms with Crippen LogP contribution in [0.2, 0.25) is 0 Å². The molecule has 0 saturated carbocycles. The summed E-state index contributed by atoms with van der Waals surface area (Å²) in [6.45, 7) is 4.38. The highest BCUT2D eigenvalue weighted by Crippen LogP contribution is 2.37. The van der Waals surface area contributed by atoms with Crippen molar-refractivity contribution in [3.8, 4) is 5.75 Å². The van der Waals surface area contributed by atoms with Gasteiger partial charge in [-0.05, 0) is 37.3 Å². The van der Waals surface area contributed by atoms with Crippen LogP contribution in [0.3, 0.4) is 0 Å². The molecule has 33 heavy (non-hydrogen) atoms. The lowest BCUT2D eigenvalue weighted by molar-refractivity contribution is -0.146. The second-order valence-electron chi connectivity index (χ2n) is 7.03. The largest absolute Gasteiger partial charge is 0.459 e. The van der Waals surface area contributed by atoms with Crippen LogP contribution in [0.15, 0.2) is 94.6 Å². The summed E-state index contributed by atoms with van der Waals surface area (Å²) in [6.07, 6.45) is 2.53. The van der Waals surface area contributed by atoms with Gasteiger partial charge in [0.1, 0.15) is 13.2 Å². The monoisotopic (exact) mass is 469 g/mol. The number of rotatable bonds is 8. The van der Waals surface area contributed by atoms with Crippen molar-refractivity contribution in [3.63, 3.8) is 0 Å². The lowest BCUT2D eigenvalue weighted by atomic mass is 10.3. The van der Waals surface area contributed by atoms with Gasteiger partial charge in [-0.1, -0.05) is 36.9 Å². The van der Waals surface area contributed by atoms with Crippen LogP contribution in [0.1, 0.15) is 6.92 Å². The van der Waals surface area contributed by atoms with Crippen LogP contribution in [0.5, 0.6) is 5.75 Å². The molecule has 0 radical (unpaired) electrons. The number of ether oxygens (including phenoxy) is 3. The fraction of sp³-hybridized carbons (Fsp3) is 0.167. The molecule has 2 aromatic rings. The molecule has 8 nitrogen and oxygen atoms in total. The van der Waals surface area contributed by atoms with Crippen molar-refractivity contribution in [2.75, 3.05) is 25.2 Å². The second-order valence-corrected chi connectivity index (χ2v) is 8.95. The third-order valence-corrected chi connectivity index (χ3v) is 6.37. The van der Waals surface area contributed by atoms with Gasteiger partial charge in [0.2, 0.25) is 9.84 Å². The molecule has 0 amide bonds. The highest BCUT2D eigenvalue weighted by Gasteiger charge is 2.29. The minimum absolute atomic E-state index is 0.0655. The number of carbonyl (C=O) groups excluding carboxylic acids is 2. The maximum Gasteiger partial charge on any atom is 0.350 e. The molecule has 3 rings (SSSR count). The van der Waals surface area contributed by atoms with Gasteiger partial charge in [0.15, 0.2) is 16.5 Å². The van der Waals surface area contributed by atoms with Crippen LogP contribution in [-0.2, 0) is 28.9 Å². The molecule has 0 bridgehead atoms. The zero-order valence-corrected chi connectivity index (χ0v) is 19.0. The summed E-state index contributed by atoms with van der Waals surface area (Å²) in [7, 11) is -2.44. The summed E-state index contributed by atoms with van der Waals surface area (Å²) in [6, 6.07) is 14.8. The Labute approximate surface area is 192 Å². The Morgan fingerprint density at radius 2 is 1.61 bits per heavy atom. The number of allylic oxidation sites excluding steroid dienone is 2. The van der Waals surface area contributed by atoms with E-state index < -0.39 is 26.7 Å². The molecule has 0 atom stereocenters. The number of esters is 2. The number of sulfone groups is 1. The summed E-state index contributed by atoms with van der Waals surface area (Å²) in [4.78, 5) is 25.3. The number of anilines is 1. The maximum absolute atomic E-state index is 13.2. The highest BCUT2D eigenvalue weighted by atomic mass is 32.2. The van der Waals surface area contributed by atoms with E-state index >= 15 is 0 Å². The van der Waals surface area contributed by atoms with Crippen molar-refractivity contribution in [3.05, 3.63) is 89.7 Å². The Kier molecular flexibility index (Phi) is 7.34. The van der Waals surface area contributed by atoms with Crippen molar-refractivity contribution in [2.24, 2.45) is 0 Å². The average Bonchev–Trinajstić information content (AvgIpc) is 3.12. The molecular weight excluding hydrogens is 446 g/mol. The highest BCUT2D eigenvalue weighted by molar-refractivity contribution is 7.96. The summed E-state index contributed by atoms with van der Waals surface area (Å²) < 4.78 is 42.0. The topological polar surface area (TPSA) is 99.2 Å². The first-order valence-corrected chi connectivity index (χ1v) is 11.4. The fourth-order valence-electron chi connectivity index (χ4n) is 2.87. The molecule has 0 aliphatic carbocycles. The predicted octanol–water partition coefficient (Wildman–Crippen LogP) is 3.38. The van der Waals surface area contributed by atoms with Crippen molar-refractivity contribution in [2.45, 2.75) is 11.8 Å². The summed E-state index contributed by atoms with van der Waals surface area (Å²) in [5, 5.41) is 0. The fourth-order valence-corrected chi connectivity index (χ4v) is 4.17. The number of carbonyl (C=O) groups is 2. The van der Waals surface area contributed by atoms with Gasteiger partial charge in [-0.2, -0.15) is 0 Å². The van der Waals surface area contributed by atoms with E-state index in [-0.39, 0.29) is 23.7 Å². The van der Waals surface area contributed by atoms with Gasteiger partial charge < -0.3 is 19.1 Å². The van der Waals surface area contributed by atoms with E-state index in [9.17, 15) is 18.0 Å². The minimum Gasteiger partial charge on any atom is -0.459 e. The Balaban J connectivity index is 1.86. The molecule has 0 fully saturated rings. The van der Waals surface area contributed by atoms with Crippen molar-refractivity contribution >= 4 is 27.5 Å². The van der Waals surface area contributed by atoms with Gasteiger partial charge in [-0.3, -0.25) is 0 Å². The average molecular weight is 470 g/mol. The van der Waals surface area contributed by atoms with Gasteiger partial charge in [0, 0.05) is 18.7 Å². The van der Waals surface area contributed by atoms with Crippen LogP contribution in [0.4, 0.5) is 5.69 Å². The lowest BCUT2D eigenvalue weighted by Gasteiger charge is -2.12. The van der Waals surface area contributed by atoms with E-state index in [2.05, 4.69) is 6.58 Å². The molecule has 1 aliphatic rings. The molecule has 2 aromatic carbocycles. The smallest absolute Gasteiger partial charge is 0.350 e. The number of nitrogens with zero attached hydrogens (tertiary/aromatic N) is 1. The van der Waals surface area contributed by atoms with Crippen molar-refractivity contribution < 1.29 is 32.2 Å². The van der Waals surface area contributed by atoms with Gasteiger partial charge in [0.05, 0.1) is 10.6 Å². The lowest BCUT2D eigenvalue weighted by Crippen LogP contribution is -2.20. The third-order valence-electron chi connectivity index (χ3n) is 4.59. The molecule has 1 aliphatic heterocycles. The minimum atomic E-state index is -4.20. The molecule has 1 heterocycles. The molecule has 0 saturated heterocycles. The Bertz CT molecular complexity index is 1230. The first-order chi connectivity index (χ1) is 15.7. The van der Waals surface area contributed by atoms with E-state index in [1.54, 1.807) is 36.2 Å². The quantitative estimate of drug-likeness (QED) is 0.330. The van der Waals surface area contributed by atoms with Crippen molar-refractivity contribution in [1.82, 2.24) is 0 Å². The SMILES string of the molecule is C=C(C)C(=O)OCCOC(=O)/C(=C/C=C1\Oc2ccccc2N1C)S(=O)(=O)c1ccccc1. The number of para-hydroxylation sites is 2. The van der Waals surface area contributed by atoms with E-state index in [1.165, 1.54) is 25.1 Å². The molecule has 0 aromatic heterocycles. The number of hydrogen-bond acceptors (Lipinski definition) is 8. The second kappa shape index (κ2) is 10.2. The first-order valence-electron chi connectivity index (χ1n) is 9.94. The first kappa shape index (κ1) is 23.8. The predicted molar refractivity (Wildman–Crippen MR) is 122 cm³/mol. The standard InChI is InChI=1S/C24H23NO7S/c1-17(2)23(26)30-15-16-31-24(27)21(33(28,29)18-9-5-4-6-10-18)13-14-22-25(3)19-11-7-8-12-20(19)32-22/h4-14H,1,15-16H2,2-3H3/b21-13-,22-14-. The molecule has 0 unspecified atom stereocenters. The van der Waals surface area contributed by atoms with E-state index in [1.807, 2.05) is 18.2 Å². The van der Waals surface area contributed by atoms with E-state index in [0.29, 0.717) is 11.6 Å². The normalized spacial score (nSPS) is 14.4. The van der Waals surface area contributed by atoms with Crippen LogP contribution in [0, 0.1) is 0 Å². The maximum atomic E-state index is 13.2. The van der Waals surface area contributed by atoms with Gasteiger partial charge in [-0.25, -0.2) is 18.0 Å². The zero-order valence-electron chi connectivity index (χ0n) is 18.2. The van der Waals surface area contributed by atoms with Crippen LogP contribution < -0.4 is 9.64 Å². The third kappa shape index (κ3) is 5.50. The Morgan fingerprint density at radius 1 is 1.00 bits per heavy atom. The number of benzene rings is 2. The van der Waals surface area contributed by atoms with Gasteiger partial charge in [0.25, 0.3) is 0 Å². The van der Waals surface area contributed by atoms with E-state index in [4.69, 9.17) is 14.2 Å². The molecule has 0 N–H and O–H groups in total. The van der Waals surface area contributed by atoms with Gasteiger partial charge in [-0.15, -0.1) is 0 Å². The molecule has 0 spiro atoms. The zero-order chi connectivity index (χ0) is 24.0.